The van der Waals surface area contributed by atoms with Crippen molar-refractivity contribution >= 4 is 33.2 Å². The molecule has 0 aromatic carbocycles. The molecule has 1 saturated carbocycles. The van der Waals surface area contributed by atoms with Crippen molar-refractivity contribution in [3.05, 3.63) is 28.2 Å². The van der Waals surface area contributed by atoms with Crippen LogP contribution in [-0.2, 0) is 5.41 Å². The second-order valence-electron chi connectivity index (χ2n) is 4.18. The number of rotatable bonds is 1. The Kier molecular flexibility index (Phi) is 2.17. The van der Waals surface area contributed by atoms with Gasteiger partial charge in [0.15, 0.2) is 0 Å². The van der Waals surface area contributed by atoms with Crippen LogP contribution in [0.1, 0.15) is 24.1 Å². The molecular weight excluding hydrogens is 240 g/mol. The van der Waals surface area contributed by atoms with E-state index in [9.17, 15) is 5.26 Å². The molecule has 2 nitrogen and oxygen atoms in total. The molecule has 0 radical (unpaired) electrons. The lowest BCUT2D eigenvalue weighted by atomic mass is 9.69. The molecule has 80 valence electrons. The van der Waals surface area contributed by atoms with Crippen LogP contribution in [0, 0.1) is 11.3 Å². The standard InChI is InChI=1S/C12H9ClN2S/c13-11-3-2-9-8(15-11)6-10(16-9)12(7-14)4-1-5-12/h2-3,6H,1,4-5H2. The van der Waals surface area contributed by atoms with Crippen molar-refractivity contribution in [2.75, 3.05) is 0 Å². The number of halogens is 1. The van der Waals surface area contributed by atoms with Gasteiger partial charge in [0.1, 0.15) is 5.15 Å². The molecule has 2 aromatic rings. The van der Waals surface area contributed by atoms with Crippen LogP contribution < -0.4 is 0 Å². The number of fused-ring (bicyclic) bond motifs is 1. The molecular formula is C12H9ClN2S. The molecule has 4 heteroatoms. The maximum absolute atomic E-state index is 9.28. The van der Waals surface area contributed by atoms with E-state index < -0.39 is 0 Å². The van der Waals surface area contributed by atoms with E-state index in [0.29, 0.717) is 5.15 Å². The largest absolute Gasteiger partial charge is 0.235 e. The average molecular weight is 249 g/mol. The summed E-state index contributed by atoms with van der Waals surface area (Å²) in [6, 6.07) is 8.25. The molecule has 3 rings (SSSR count). The molecule has 2 heterocycles. The summed E-state index contributed by atoms with van der Waals surface area (Å²) in [5.41, 5.74) is 0.673. The summed E-state index contributed by atoms with van der Waals surface area (Å²) in [5.74, 6) is 0. The third-order valence-corrected chi connectivity index (χ3v) is 4.74. The predicted octanol–water partition coefficient (Wildman–Crippen LogP) is 3.89. The second kappa shape index (κ2) is 3.44. The van der Waals surface area contributed by atoms with Gasteiger partial charge >= 0.3 is 0 Å². The molecule has 1 fully saturated rings. The zero-order valence-electron chi connectivity index (χ0n) is 8.53. The Hall–Kier alpha value is -1.11. The predicted molar refractivity (Wildman–Crippen MR) is 65.8 cm³/mol. The highest BCUT2D eigenvalue weighted by Crippen LogP contribution is 2.47. The molecule has 1 aliphatic rings. The van der Waals surface area contributed by atoms with Crippen LogP contribution in [0.2, 0.25) is 5.15 Å². The third-order valence-electron chi connectivity index (χ3n) is 3.23. The van der Waals surface area contributed by atoms with E-state index in [2.05, 4.69) is 11.1 Å². The minimum absolute atomic E-state index is 0.238. The van der Waals surface area contributed by atoms with E-state index >= 15 is 0 Å². The molecule has 0 amide bonds. The van der Waals surface area contributed by atoms with Crippen molar-refractivity contribution < 1.29 is 0 Å². The van der Waals surface area contributed by atoms with Crippen LogP contribution in [0.5, 0.6) is 0 Å². The SMILES string of the molecule is N#CC1(c2cc3nc(Cl)ccc3s2)CCC1. The third kappa shape index (κ3) is 1.34. The Bertz CT molecular complexity index is 593. The van der Waals surface area contributed by atoms with Crippen molar-refractivity contribution in [1.82, 2.24) is 4.98 Å². The zero-order valence-corrected chi connectivity index (χ0v) is 10.1. The van der Waals surface area contributed by atoms with E-state index in [1.807, 2.05) is 12.1 Å². The Balaban J connectivity index is 2.16. The Morgan fingerprint density at radius 3 is 2.88 bits per heavy atom. The average Bonchev–Trinajstić information content (AvgIpc) is 2.60. The number of aromatic nitrogens is 1. The minimum Gasteiger partial charge on any atom is -0.235 e. The maximum Gasteiger partial charge on any atom is 0.129 e. The fourth-order valence-electron chi connectivity index (χ4n) is 2.08. The molecule has 0 spiro atoms. The van der Waals surface area contributed by atoms with Gasteiger partial charge in [0.2, 0.25) is 0 Å². The lowest BCUT2D eigenvalue weighted by Crippen LogP contribution is -2.31. The van der Waals surface area contributed by atoms with Crippen LogP contribution in [-0.4, -0.2) is 4.98 Å². The quantitative estimate of drug-likeness (QED) is 0.718. The van der Waals surface area contributed by atoms with Crippen molar-refractivity contribution in [2.24, 2.45) is 0 Å². The fraction of sp³-hybridized carbons (Fsp3) is 0.333. The first-order valence-corrected chi connectivity index (χ1v) is 6.41. The highest BCUT2D eigenvalue weighted by atomic mass is 35.5. The lowest BCUT2D eigenvalue weighted by molar-refractivity contribution is 0.330. The van der Waals surface area contributed by atoms with Crippen molar-refractivity contribution in [2.45, 2.75) is 24.7 Å². The summed E-state index contributed by atoms with van der Waals surface area (Å²) < 4.78 is 1.11. The minimum atomic E-state index is -0.238. The van der Waals surface area contributed by atoms with Gasteiger partial charge in [-0.05, 0) is 37.5 Å². The van der Waals surface area contributed by atoms with Crippen molar-refractivity contribution in [1.29, 1.82) is 5.26 Å². The first kappa shape index (κ1) is 10.1. The second-order valence-corrected chi connectivity index (χ2v) is 5.65. The van der Waals surface area contributed by atoms with E-state index in [4.69, 9.17) is 11.6 Å². The molecule has 0 bridgehead atoms. The van der Waals surface area contributed by atoms with Gasteiger partial charge in [0.25, 0.3) is 0 Å². The van der Waals surface area contributed by atoms with Crippen LogP contribution >= 0.6 is 22.9 Å². The van der Waals surface area contributed by atoms with Gasteiger partial charge in [0, 0.05) is 4.88 Å². The number of nitrogens with zero attached hydrogens (tertiary/aromatic N) is 2. The van der Waals surface area contributed by atoms with Crippen LogP contribution in [0.4, 0.5) is 0 Å². The fourth-order valence-corrected chi connectivity index (χ4v) is 3.43. The molecule has 0 aliphatic heterocycles. The molecule has 1 aliphatic carbocycles. The van der Waals surface area contributed by atoms with Gasteiger partial charge in [0.05, 0.1) is 21.7 Å². The number of hydrogen-bond acceptors (Lipinski definition) is 3. The summed E-state index contributed by atoms with van der Waals surface area (Å²) in [7, 11) is 0. The van der Waals surface area contributed by atoms with E-state index in [1.54, 1.807) is 17.4 Å². The van der Waals surface area contributed by atoms with Gasteiger partial charge in [-0.25, -0.2) is 4.98 Å². The summed E-state index contributed by atoms with van der Waals surface area (Å²) >= 11 is 7.52. The molecule has 0 unspecified atom stereocenters. The lowest BCUT2D eigenvalue weighted by Gasteiger charge is -2.33. The van der Waals surface area contributed by atoms with Crippen molar-refractivity contribution in [3.63, 3.8) is 0 Å². The van der Waals surface area contributed by atoms with Gasteiger partial charge in [-0.1, -0.05) is 11.6 Å². The topological polar surface area (TPSA) is 36.7 Å². The number of thiophene rings is 1. The van der Waals surface area contributed by atoms with Crippen molar-refractivity contribution in [3.8, 4) is 6.07 Å². The van der Waals surface area contributed by atoms with Gasteiger partial charge < -0.3 is 0 Å². The zero-order chi connectivity index (χ0) is 11.2. The summed E-state index contributed by atoms with van der Waals surface area (Å²) in [6.07, 6.45) is 3.10. The monoisotopic (exact) mass is 248 g/mol. The normalized spacial score (nSPS) is 18.0. The van der Waals surface area contributed by atoms with Gasteiger partial charge in [-0.15, -0.1) is 11.3 Å². The summed E-state index contributed by atoms with van der Waals surface area (Å²) in [4.78, 5) is 5.41. The Morgan fingerprint density at radius 1 is 1.44 bits per heavy atom. The first-order valence-electron chi connectivity index (χ1n) is 5.21. The Morgan fingerprint density at radius 2 is 2.25 bits per heavy atom. The summed E-state index contributed by atoms with van der Waals surface area (Å²) in [5, 5.41) is 9.79. The van der Waals surface area contributed by atoms with E-state index in [-0.39, 0.29) is 5.41 Å². The number of hydrogen-bond donors (Lipinski definition) is 0. The summed E-state index contributed by atoms with van der Waals surface area (Å²) in [6.45, 7) is 0. The van der Waals surface area contributed by atoms with Gasteiger partial charge in [-0.3, -0.25) is 0 Å². The molecule has 0 atom stereocenters. The number of nitriles is 1. The number of pyridine rings is 1. The Labute approximate surface area is 102 Å². The first-order chi connectivity index (χ1) is 7.73. The maximum atomic E-state index is 9.28. The van der Waals surface area contributed by atoms with Crippen LogP contribution in [0.25, 0.3) is 10.2 Å². The van der Waals surface area contributed by atoms with E-state index in [1.165, 1.54) is 0 Å². The highest BCUT2D eigenvalue weighted by Gasteiger charge is 2.40. The highest BCUT2D eigenvalue weighted by molar-refractivity contribution is 7.19. The molecule has 0 saturated heterocycles. The smallest absolute Gasteiger partial charge is 0.129 e. The molecule has 0 N–H and O–H groups in total. The molecule has 2 aromatic heterocycles. The van der Waals surface area contributed by atoms with Crippen LogP contribution in [0.15, 0.2) is 18.2 Å². The van der Waals surface area contributed by atoms with Gasteiger partial charge in [-0.2, -0.15) is 5.26 Å². The van der Waals surface area contributed by atoms with Crippen LogP contribution in [0.3, 0.4) is 0 Å². The molecule has 16 heavy (non-hydrogen) atoms. The van der Waals surface area contributed by atoms with E-state index in [0.717, 1.165) is 34.4 Å².